The van der Waals surface area contributed by atoms with Gasteiger partial charge in [0.2, 0.25) is 5.91 Å². The molecule has 112 valence electrons. The van der Waals surface area contributed by atoms with Crippen LogP contribution < -0.4 is 5.73 Å². The zero-order valence-electron chi connectivity index (χ0n) is 12.6. The number of nitrogens with zero attached hydrogens (tertiary/aromatic N) is 2. The van der Waals surface area contributed by atoms with Crippen LogP contribution in [0.4, 0.5) is 0 Å². The number of nitrogens with one attached hydrogen (secondary N) is 1. The van der Waals surface area contributed by atoms with Crippen molar-refractivity contribution < 1.29 is 4.79 Å². The van der Waals surface area contributed by atoms with Gasteiger partial charge in [-0.1, -0.05) is 13.8 Å². The van der Waals surface area contributed by atoms with Gasteiger partial charge in [0.25, 0.3) is 0 Å². The van der Waals surface area contributed by atoms with Crippen LogP contribution in [0, 0.1) is 5.41 Å². The lowest BCUT2D eigenvalue weighted by Crippen LogP contribution is -2.50. The maximum atomic E-state index is 12.8. The smallest absolute Gasteiger partial charge is 0.230 e. The van der Waals surface area contributed by atoms with Gasteiger partial charge in [0.15, 0.2) is 0 Å². The molecule has 20 heavy (non-hydrogen) atoms. The predicted octanol–water partition coefficient (Wildman–Crippen LogP) is 1.88. The number of H-pyrrole nitrogens is 1. The van der Waals surface area contributed by atoms with E-state index >= 15 is 0 Å². The van der Waals surface area contributed by atoms with Gasteiger partial charge >= 0.3 is 0 Å². The van der Waals surface area contributed by atoms with Gasteiger partial charge in [0.1, 0.15) is 5.82 Å². The first-order chi connectivity index (χ1) is 9.66. The maximum absolute atomic E-state index is 12.8. The molecule has 0 spiro atoms. The third-order valence-corrected chi connectivity index (χ3v) is 4.81. The number of imidazole rings is 1. The lowest BCUT2D eigenvalue weighted by Gasteiger charge is -2.39. The van der Waals surface area contributed by atoms with Crippen molar-refractivity contribution in [3.8, 4) is 0 Å². The number of rotatable bonds is 5. The average molecular weight is 278 g/mol. The molecule has 1 aromatic rings. The van der Waals surface area contributed by atoms with Gasteiger partial charge < -0.3 is 15.6 Å². The van der Waals surface area contributed by atoms with Crippen molar-refractivity contribution in [2.45, 2.75) is 45.4 Å². The second kappa shape index (κ2) is 6.39. The first-order valence-corrected chi connectivity index (χ1v) is 7.65. The molecule has 2 heterocycles. The van der Waals surface area contributed by atoms with Crippen molar-refractivity contribution in [1.29, 1.82) is 0 Å². The minimum atomic E-state index is -0.384. The highest BCUT2D eigenvalue weighted by Gasteiger charge is 2.38. The Morgan fingerprint density at radius 3 is 2.85 bits per heavy atom. The van der Waals surface area contributed by atoms with Crippen LogP contribution in [0.1, 0.15) is 51.3 Å². The van der Waals surface area contributed by atoms with Crippen molar-refractivity contribution in [2.24, 2.45) is 11.1 Å². The molecule has 1 aliphatic heterocycles. The van der Waals surface area contributed by atoms with E-state index in [-0.39, 0.29) is 11.3 Å². The monoisotopic (exact) mass is 278 g/mol. The van der Waals surface area contributed by atoms with Crippen molar-refractivity contribution >= 4 is 5.91 Å². The van der Waals surface area contributed by atoms with Crippen LogP contribution in [0.5, 0.6) is 0 Å². The van der Waals surface area contributed by atoms with Gasteiger partial charge in [-0.2, -0.15) is 0 Å². The normalized spacial score (nSPS) is 20.1. The Morgan fingerprint density at radius 1 is 1.55 bits per heavy atom. The summed E-state index contributed by atoms with van der Waals surface area (Å²) in [5.41, 5.74) is 5.52. The van der Waals surface area contributed by atoms with E-state index in [1.807, 2.05) is 11.1 Å². The van der Waals surface area contributed by atoms with E-state index in [9.17, 15) is 4.79 Å². The molecule has 1 amide bonds. The van der Waals surface area contributed by atoms with Crippen LogP contribution in [-0.4, -0.2) is 40.4 Å². The zero-order valence-corrected chi connectivity index (χ0v) is 12.6. The fraction of sp³-hybridized carbons (Fsp3) is 0.733. The standard InChI is InChI=1S/C15H26N4O/c1-3-15(4-2,11-16)14(20)19-9-5-6-12(10-19)13-17-7-8-18-13/h7-8,12H,3-6,9-11,16H2,1-2H3,(H,17,18). The molecule has 0 radical (unpaired) electrons. The maximum Gasteiger partial charge on any atom is 0.230 e. The number of nitrogens with two attached hydrogens (primary N) is 1. The van der Waals surface area contributed by atoms with Gasteiger partial charge in [0, 0.05) is 37.9 Å². The number of carbonyl (C=O) groups is 1. The predicted molar refractivity (Wildman–Crippen MR) is 79.2 cm³/mol. The summed E-state index contributed by atoms with van der Waals surface area (Å²) in [6.07, 6.45) is 7.36. The number of aromatic nitrogens is 2. The summed E-state index contributed by atoms with van der Waals surface area (Å²) in [6, 6.07) is 0. The van der Waals surface area contributed by atoms with Gasteiger partial charge in [-0.25, -0.2) is 4.98 Å². The van der Waals surface area contributed by atoms with Gasteiger partial charge in [-0.05, 0) is 25.7 Å². The Kier molecular flexibility index (Phi) is 4.81. The van der Waals surface area contributed by atoms with Crippen molar-refractivity contribution in [1.82, 2.24) is 14.9 Å². The first kappa shape index (κ1) is 15.0. The number of hydrogen-bond acceptors (Lipinski definition) is 3. The zero-order chi connectivity index (χ0) is 14.6. The Hall–Kier alpha value is -1.36. The number of amides is 1. The molecular weight excluding hydrogens is 252 g/mol. The molecule has 3 N–H and O–H groups in total. The fourth-order valence-corrected chi connectivity index (χ4v) is 3.15. The van der Waals surface area contributed by atoms with Crippen molar-refractivity contribution in [3.63, 3.8) is 0 Å². The number of hydrogen-bond donors (Lipinski definition) is 2. The largest absolute Gasteiger partial charge is 0.348 e. The quantitative estimate of drug-likeness (QED) is 0.863. The van der Waals surface area contributed by atoms with Crippen LogP contribution in [-0.2, 0) is 4.79 Å². The Labute approximate surface area is 120 Å². The van der Waals surface area contributed by atoms with E-state index in [0.29, 0.717) is 12.5 Å². The van der Waals surface area contributed by atoms with Gasteiger partial charge in [-0.3, -0.25) is 4.79 Å². The highest BCUT2D eigenvalue weighted by Crippen LogP contribution is 2.32. The highest BCUT2D eigenvalue weighted by atomic mass is 16.2. The Morgan fingerprint density at radius 2 is 2.30 bits per heavy atom. The Bertz CT molecular complexity index is 417. The second-order valence-corrected chi connectivity index (χ2v) is 5.76. The lowest BCUT2D eigenvalue weighted by atomic mass is 9.80. The summed E-state index contributed by atoms with van der Waals surface area (Å²) in [6.45, 7) is 6.15. The number of carbonyl (C=O) groups excluding carboxylic acids is 1. The fourth-order valence-electron chi connectivity index (χ4n) is 3.15. The SMILES string of the molecule is CCC(CC)(CN)C(=O)N1CCCC(c2ncc[nH]2)C1. The summed E-state index contributed by atoms with van der Waals surface area (Å²) in [7, 11) is 0. The third-order valence-electron chi connectivity index (χ3n) is 4.81. The van der Waals surface area contributed by atoms with Crippen LogP contribution in [0.3, 0.4) is 0 Å². The van der Waals surface area contributed by atoms with Crippen LogP contribution in [0.2, 0.25) is 0 Å². The second-order valence-electron chi connectivity index (χ2n) is 5.76. The molecule has 1 fully saturated rings. The number of aromatic amines is 1. The molecule has 0 bridgehead atoms. The minimum Gasteiger partial charge on any atom is -0.348 e. The summed E-state index contributed by atoms with van der Waals surface area (Å²) in [4.78, 5) is 22.4. The van der Waals surface area contributed by atoms with E-state index in [2.05, 4.69) is 23.8 Å². The summed E-state index contributed by atoms with van der Waals surface area (Å²) in [5.74, 6) is 1.54. The van der Waals surface area contributed by atoms with Crippen LogP contribution >= 0.6 is 0 Å². The Balaban J connectivity index is 2.10. The van der Waals surface area contributed by atoms with Gasteiger partial charge in [0.05, 0.1) is 5.41 Å². The average Bonchev–Trinajstić information content (AvgIpc) is 3.04. The summed E-state index contributed by atoms with van der Waals surface area (Å²) < 4.78 is 0. The molecule has 0 aliphatic carbocycles. The van der Waals surface area contributed by atoms with E-state index in [4.69, 9.17) is 5.73 Å². The molecule has 1 saturated heterocycles. The molecule has 0 aromatic carbocycles. The van der Waals surface area contributed by atoms with Crippen LogP contribution in [0.25, 0.3) is 0 Å². The summed E-state index contributed by atoms with van der Waals surface area (Å²) >= 11 is 0. The summed E-state index contributed by atoms with van der Waals surface area (Å²) in [5, 5.41) is 0. The topological polar surface area (TPSA) is 75.0 Å². The molecule has 1 atom stereocenters. The third kappa shape index (κ3) is 2.73. The number of piperidine rings is 1. The first-order valence-electron chi connectivity index (χ1n) is 7.65. The highest BCUT2D eigenvalue weighted by molar-refractivity contribution is 5.83. The molecule has 1 aliphatic rings. The molecule has 2 rings (SSSR count). The van der Waals surface area contributed by atoms with E-state index < -0.39 is 0 Å². The van der Waals surface area contributed by atoms with E-state index in [1.54, 1.807) is 6.20 Å². The van der Waals surface area contributed by atoms with Crippen LogP contribution in [0.15, 0.2) is 12.4 Å². The molecule has 1 unspecified atom stereocenters. The van der Waals surface area contributed by atoms with Crippen molar-refractivity contribution in [2.75, 3.05) is 19.6 Å². The van der Waals surface area contributed by atoms with Crippen molar-refractivity contribution in [3.05, 3.63) is 18.2 Å². The molecule has 5 nitrogen and oxygen atoms in total. The molecule has 5 heteroatoms. The molecule has 0 saturated carbocycles. The van der Waals surface area contributed by atoms with E-state index in [0.717, 1.165) is 44.6 Å². The van der Waals surface area contributed by atoms with E-state index in [1.165, 1.54) is 0 Å². The molecular formula is C15H26N4O. The number of likely N-dealkylation sites (tertiary alicyclic amines) is 1. The van der Waals surface area contributed by atoms with Gasteiger partial charge in [-0.15, -0.1) is 0 Å². The minimum absolute atomic E-state index is 0.223. The molecule has 1 aromatic heterocycles. The lowest BCUT2D eigenvalue weighted by molar-refractivity contribution is -0.143.